The van der Waals surface area contributed by atoms with E-state index in [0.29, 0.717) is 19.5 Å². The lowest BCUT2D eigenvalue weighted by molar-refractivity contribution is -0.121. The second-order valence-electron chi connectivity index (χ2n) is 6.08. The van der Waals surface area contributed by atoms with Gasteiger partial charge in [0, 0.05) is 26.6 Å². The molecule has 2 atom stereocenters. The Morgan fingerprint density at radius 2 is 1.78 bits per heavy atom. The van der Waals surface area contributed by atoms with Gasteiger partial charge in [-0.1, -0.05) is 39.0 Å². The second kappa shape index (κ2) is 15.1. The van der Waals surface area contributed by atoms with Crippen LogP contribution < -0.4 is 5.32 Å². The summed E-state index contributed by atoms with van der Waals surface area (Å²) in [5, 5.41) is 12.8. The van der Waals surface area contributed by atoms with E-state index in [1.165, 1.54) is 0 Å². The Morgan fingerprint density at radius 3 is 2.39 bits per heavy atom. The molecule has 23 heavy (non-hydrogen) atoms. The summed E-state index contributed by atoms with van der Waals surface area (Å²) in [6.07, 6.45) is 8.88. The number of carbonyl (C=O) groups is 1. The highest BCUT2D eigenvalue weighted by Gasteiger charge is 2.13. The minimum atomic E-state index is -1.70. The van der Waals surface area contributed by atoms with Crippen LogP contribution in [0.25, 0.3) is 0 Å². The number of nitrogens with zero attached hydrogens (tertiary/aromatic N) is 1. The van der Waals surface area contributed by atoms with E-state index in [0.717, 1.165) is 62.9 Å². The summed E-state index contributed by atoms with van der Waals surface area (Å²) in [4.78, 5) is 11.6. The molecule has 0 rings (SSSR count). The number of hydroxylamine groups is 2. The van der Waals surface area contributed by atoms with Gasteiger partial charge in [-0.05, 0) is 25.7 Å². The van der Waals surface area contributed by atoms with Gasteiger partial charge in [-0.3, -0.25) is 4.79 Å². The maximum atomic E-state index is 11.6. The van der Waals surface area contributed by atoms with Gasteiger partial charge in [-0.15, -0.1) is 0 Å². The van der Waals surface area contributed by atoms with Gasteiger partial charge in [0.2, 0.25) is 5.91 Å². The van der Waals surface area contributed by atoms with Crippen molar-refractivity contribution in [1.29, 1.82) is 0 Å². The number of unbranched alkanes of at least 4 members (excludes halogenated alkanes) is 4. The van der Waals surface area contributed by atoms with E-state index in [1.54, 1.807) is 7.05 Å². The van der Waals surface area contributed by atoms with Crippen LogP contribution in [0.15, 0.2) is 0 Å². The van der Waals surface area contributed by atoms with Gasteiger partial charge in [-0.25, -0.2) is 4.21 Å². The van der Waals surface area contributed by atoms with Gasteiger partial charge in [-0.2, -0.15) is 5.06 Å². The standard InChI is InChI=1S/C16H34N2O4S/c1-3-10-15(23(21)22)11-7-5-4-6-8-12-16(19)17-13-9-14-18(2)20/h15,20H,3-14H2,1-2H3,(H,17,19)(H,21,22). The Labute approximate surface area is 143 Å². The molecule has 0 saturated heterocycles. The quantitative estimate of drug-likeness (QED) is 0.240. The van der Waals surface area contributed by atoms with Crippen LogP contribution in [0.3, 0.4) is 0 Å². The number of hydrogen-bond acceptors (Lipinski definition) is 4. The van der Waals surface area contributed by atoms with E-state index < -0.39 is 11.1 Å². The van der Waals surface area contributed by atoms with Crippen LogP contribution >= 0.6 is 0 Å². The number of hydrogen-bond donors (Lipinski definition) is 3. The Hall–Kier alpha value is -0.500. The molecule has 0 aliphatic carbocycles. The number of nitrogens with one attached hydrogen (secondary N) is 1. The normalized spacial score (nSPS) is 14.0. The Bertz CT molecular complexity index is 327. The molecular weight excluding hydrogens is 316 g/mol. The van der Waals surface area contributed by atoms with Gasteiger partial charge < -0.3 is 15.1 Å². The highest BCUT2D eigenvalue weighted by atomic mass is 32.2. The van der Waals surface area contributed by atoms with E-state index in [2.05, 4.69) is 5.32 Å². The van der Waals surface area contributed by atoms with Gasteiger partial charge in [0.25, 0.3) is 0 Å². The first kappa shape index (κ1) is 22.5. The average Bonchev–Trinajstić information content (AvgIpc) is 2.49. The van der Waals surface area contributed by atoms with Crippen LogP contribution in [0.1, 0.15) is 71.1 Å². The molecule has 2 unspecified atom stereocenters. The molecule has 0 spiro atoms. The smallest absolute Gasteiger partial charge is 0.219 e. The van der Waals surface area contributed by atoms with Crippen molar-refractivity contribution in [3.8, 4) is 0 Å². The van der Waals surface area contributed by atoms with Gasteiger partial charge in [0.1, 0.15) is 0 Å². The fraction of sp³-hybridized carbons (Fsp3) is 0.938. The summed E-state index contributed by atoms with van der Waals surface area (Å²) < 4.78 is 20.3. The van der Waals surface area contributed by atoms with Crippen molar-refractivity contribution < 1.29 is 18.8 Å². The molecule has 0 aromatic carbocycles. The van der Waals surface area contributed by atoms with Crippen LogP contribution in [-0.4, -0.2) is 50.3 Å². The number of carbonyl (C=O) groups excluding carboxylic acids is 1. The zero-order valence-corrected chi connectivity index (χ0v) is 15.4. The maximum absolute atomic E-state index is 11.6. The van der Waals surface area contributed by atoms with Crippen molar-refractivity contribution in [3.05, 3.63) is 0 Å². The lowest BCUT2D eigenvalue weighted by atomic mass is 10.1. The van der Waals surface area contributed by atoms with Crippen LogP contribution in [-0.2, 0) is 15.9 Å². The molecule has 6 nitrogen and oxygen atoms in total. The Kier molecular flexibility index (Phi) is 14.7. The third-order valence-electron chi connectivity index (χ3n) is 3.81. The lowest BCUT2D eigenvalue weighted by Gasteiger charge is -2.11. The number of amides is 1. The first-order valence-electron chi connectivity index (χ1n) is 8.73. The molecule has 0 heterocycles. The van der Waals surface area contributed by atoms with Gasteiger partial charge in [0.05, 0.1) is 5.25 Å². The van der Waals surface area contributed by atoms with Crippen molar-refractivity contribution in [2.45, 2.75) is 76.4 Å². The molecule has 0 aromatic heterocycles. The molecule has 138 valence electrons. The van der Waals surface area contributed by atoms with E-state index in [-0.39, 0.29) is 11.2 Å². The summed E-state index contributed by atoms with van der Waals surface area (Å²) in [5.74, 6) is 0.0734. The lowest BCUT2D eigenvalue weighted by Crippen LogP contribution is -2.26. The molecular formula is C16H34N2O4S. The zero-order chi connectivity index (χ0) is 17.5. The van der Waals surface area contributed by atoms with Crippen molar-refractivity contribution in [3.63, 3.8) is 0 Å². The van der Waals surface area contributed by atoms with Crippen molar-refractivity contribution in [1.82, 2.24) is 10.4 Å². The first-order chi connectivity index (χ1) is 11.0. The van der Waals surface area contributed by atoms with Crippen LogP contribution in [0.4, 0.5) is 0 Å². The Morgan fingerprint density at radius 1 is 1.13 bits per heavy atom. The van der Waals surface area contributed by atoms with E-state index in [1.807, 2.05) is 6.92 Å². The fourth-order valence-electron chi connectivity index (χ4n) is 2.48. The fourth-order valence-corrected chi connectivity index (χ4v) is 3.29. The molecule has 0 aliphatic rings. The Balaban J connectivity index is 3.44. The molecule has 0 saturated carbocycles. The van der Waals surface area contributed by atoms with Crippen molar-refractivity contribution >= 4 is 17.0 Å². The van der Waals surface area contributed by atoms with E-state index >= 15 is 0 Å². The maximum Gasteiger partial charge on any atom is 0.219 e. The molecule has 0 aromatic rings. The third-order valence-corrected chi connectivity index (χ3v) is 4.85. The third kappa shape index (κ3) is 14.8. The summed E-state index contributed by atoms with van der Waals surface area (Å²) in [7, 11) is 1.59. The molecule has 0 fully saturated rings. The van der Waals surface area contributed by atoms with Gasteiger partial charge >= 0.3 is 0 Å². The predicted octanol–water partition coefficient (Wildman–Crippen LogP) is 2.93. The van der Waals surface area contributed by atoms with E-state index in [4.69, 9.17) is 5.21 Å². The summed E-state index contributed by atoms with van der Waals surface area (Å²) in [5.41, 5.74) is 0. The summed E-state index contributed by atoms with van der Waals surface area (Å²) in [6.45, 7) is 3.19. The summed E-state index contributed by atoms with van der Waals surface area (Å²) >= 11 is -1.70. The SMILES string of the molecule is CCCC(CCCCCCCC(=O)NCCCN(C)O)S(=O)O. The molecule has 0 radical (unpaired) electrons. The zero-order valence-electron chi connectivity index (χ0n) is 14.6. The monoisotopic (exact) mass is 350 g/mol. The van der Waals surface area contributed by atoms with Crippen LogP contribution in [0.5, 0.6) is 0 Å². The molecule has 3 N–H and O–H groups in total. The van der Waals surface area contributed by atoms with Gasteiger partial charge in [0.15, 0.2) is 11.1 Å². The highest BCUT2D eigenvalue weighted by Crippen LogP contribution is 2.14. The summed E-state index contributed by atoms with van der Waals surface area (Å²) in [6, 6.07) is 0. The molecule has 1 amide bonds. The highest BCUT2D eigenvalue weighted by molar-refractivity contribution is 7.79. The van der Waals surface area contributed by atoms with E-state index in [9.17, 15) is 13.6 Å². The molecule has 0 aliphatic heterocycles. The van der Waals surface area contributed by atoms with Crippen LogP contribution in [0, 0.1) is 0 Å². The number of rotatable bonds is 15. The molecule has 7 heteroatoms. The topological polar surface area (TPSA) is 89.9 Å². The first-order valence-corrected chi connectivity index (χ1v) is 9.90. The molecule has 0 bridgehead atoms. The second-order valence-corrected chi connectivity index (χ2v) is 7.30. The van der Waals surface area contributed by atoms with Crippen molar-refractivity contribution in [2.24, 2.45) is 0 Å². The van der Waals surface area contributed by atoms with Crippen molar-refractivity contribution in [2.75, 3.05) is 20.1 Å². The predicted molar refractivity (Wildman–Crippen MR) is 93.8 cm³/mol. The largest absolute Gasteiger partial charge is 0.356 e. The van der Waals surface area contributed by atoms with Crippen LogP contribution in [0.2, 0.25) is 0 Å². The minimum Gasteiger partial charge on any atom is -0.356 e. The average molecular weight is 351 g/mol. The minimum absolute atomic E-state index is 0.0734.